The topological polar surface area (TPSA) is 36.1 Å². The van der Waals surface area contributed by atoms with Crippen molar-refractivity contribution in [1.29, 1.82) is 0 Å². The molecule has 25 heavy (non-hydrogen) atoms. The third kappa shape index (κ3) is 2.23. The van der Waals surface area contributed by atoms with Gasteiger partial charge in [-0.05, 0) is 22.9 Å². The minimum Gasteiger partial charge on any atom is -0.358 e. The first-order valence-corrected chi connectivity index (χ1v) is 8.67. The molecule has 0 radical (unpaired) electrons. The summed E-state index contributed by atoms with van der Waals surface area (Å²) in [6.45, 7) is 1.42. The number of nitrogens with zero attached hydrogens (tertiary/aromatic N) is 1. The highest BCUT2D eigenvalue weighted by atomic mass is 16.2. The van der Waals surface area contributed by atoms with E-state index in [2.05, 4.69) is 35.3 Å². The van der Waals surface area contributed by atoms with Gasteiger partial charge in [0, 0.05) is 47.2 Å². The van der Waals surface area contributed by atoms with Gasteiger partial charge < -0.3 is 9.88 Å². The Bertz CT molecular complexity index is 1100. The Labute approximate surface area is 145 Å². The van der Waals surface area contributed by atoms with Crippen LogP contribution in [0, 0.1) is 0 Å². The molecule has 0 saturated heterocycles. The fraction of sp³-hybridized carbons (Fsp3) is 0.136. The molecule has 0 bridgehead atoms. The number of H-pyrrole nitrogens is 1. The van der Waals surface area contributed by atoms with Crippen LogP contribution in [0.1, 0.15) is 21.6 Å². The third-order valence-corrected chi connectivity index (χ3v) is 5.19. The molecule has 0 unspecified atom stereocenters. The molecule has 0 saturated carbocycles. The van der Waals surface area contributed by atoms with Gasteiger partial charge in [0.05, 0.1) is 0 Å². The summed E-state index contributed by atoms with van der Waals surface area (Å²) in [5.74, 6) is 0.118. The SMILES string of the molecule is O=C(c1cccc2ccccc12)N1CCc2[nH]c3ccccc3c2C1. The lowest BCUT2D eigenvalue weighted by molar-refractivity contribution is 0.0737. The summed E-state index contributed by atoms with van der Waals surface area (Å²) in [4.78, 5) is 18.7. The number of hydrogen-bond donors (Lipinski definition) is 1. The predicted octanol–water partition coefficient (Wildman–Crippen LogP) is 4.52. The molecule has 3 nitrogen and oxygen atoms in total. The predicted molar refractivity (Wildman–Crippen MR) is 101 cm³/mol. The van der Waals surface area contributed by atoms with Gasteiger partial charge in [-0.15, -0.1) is 0 Å². The van der Waals surface area contributed by atoms with Crippen LogP contribution in [0.3, 0.4) is 0 Å². The molecular formula is C22H18N2O. The number of aromatic amines is 1. The van der Waals surface area contributed by atoms with Gasteiger partial charge in [0.25, 0.3) is 5.91 Å². The Morgan fingerprint density at radius 3 is 2.56 bits per heavy atom. The molecule has 1 aliphatic heterocycles. The van der Waals surface area contributed by atoms with Gasteiger partial charge in [-0.2, -0.15) is 0 Å². The van der Waals surface area contributed by atoms with Crippen LogP contribution < -0.4 is 0 Å². The van der Waals surface area contributed by atoms with E-state index in [1.54, 1.807) is 0 Å². The van der Waals surface area contributed by atoms with E-state index in [1.165, 1.54) is 16.6 Å². The Morgan fingerprint density at radius 1 is 0.880 bits per heavy atom. The lowest BCUT2D eigenvalue weighted by Crippen LogP contribution is -2.35. The third-order valence-electron chi connectivity index (χ3n) is 5.19. The number of hydrogen-bond acceptors (Lipinski definition) is 1. The number of carbonyl (C=O) groups excluding carboxylic acids is 1. The first-order valence-electron chi connectivity index (χ1n) is 8.67. The average Bonchev–Trinajstić information content (AvgIpc) is 3.05. The van der Waals surface area contributed by atoms with Crippen molar-refractivity contribution in [2.75, 3.05) is 6.54 Å². The highest BCUT2D eigenvalue weighted by molar-refractivity contribution is 6.07. The summed E-state index contributed by atoms with van der Waals surface area (Å²) in [5.41, 5.74) is 4.48. The Hall–Kier alpha value is -3.07. The van der Waals surface area contributed by atoms with Gasteiger partial charge in [-0.1, -0.05) is 54.6 Å². The zero-order valence-electron chi connectivity index (χ0n) is 13.8. The number of para-hydroxylation sites is 1. The fourth-order valence-electron chi connectivity index (χ4n) is 3.92. The maximum Gasteiger partial charge on any atom is 0.254 e. The molecule has 0 spiro atoms. The summed E-state index contributed by atoms with van der Waals surface area (Å²) in [7, 11) is 0. The van der Waals surface area contributed by atoms with Gasteiger partial charge in [0.15, 0.2) is 0 Å². The van der Waals surface area contributed by atoms with Crippen LogP contribution in [0.5, 0.6) is 0 Å². The van der Waals surface area contributed by atoms with Crippen LogP contribution in [0.4, 0.5) is 0 Å². The van der Waals surface area contributed by atoms with E-state index in [-0.39, 0.29) is 5.91 Å². The van der Waals surface area contributed by atoms with Crippen molar-refractivity contribution in [3.05, 3.63) is 83.6 Å². The van der Waals surface area contributed by atoms with E-state index >= 15 is 0 Å². The van der Waals surface area contributed by atoms with Gasteiger partial charge >= 0.3 is 0 Å². The van der Waals surface area contributed by atoms with Crippen LogP contribution in [-0.4, -0.2) is 22.3 Å². The number of fused-ring (bicyclic) bond motifs is 4. The summed E-state index contributed by atoms with van der Waals surface area (Å²) in [6, 6.07) is 22.4. The maximum absolute atomic E-state index is 13.2. The summed E-state index contributed by atoms with van der Waals surface area (Å²) in [6.07, 6.45) is 0.876. The average molecular weight is 326 g/mol. The van der Waals surface area contributed by atoms with Gasteiger partial charge in [-0.3, -0.25) is 4.79 Å². The van der Waals surface area contributed by atoms with Crippen LogP contribution in [0.15, 0.2) is 66.7 Å². The molecule has 0 fully saturated rings. The molecule has 4 aromatic rings. The normalized spacial score (nSPS) is 14.0. The standard InChI is InChI=1S/C22H18N2O/c25-22(18-10-5-7-15-6-1-2-8-16(15)18)24-13-12-21-19(14-24)17-9-3-4-11-20(17)23-21/h1-11,23H,12-14H2. The first kappa shape index (κ1) is 14.3. The van der Waals surface area contributed by atoms with Crippen molar-refractivity contribution in [2.45, 2.75) is 13.0 Å². The first-order chi connectivity index (χ1) is 12.3. The number of rotatable bonds is 1. The summed E-state index contributed by atoms with van der Waals surface area (Å²) in [5, 5.41) is 3.37. The molecule has 2 heterocycles. The van der Waals surface area contributed by atoms with Crippen LogP contribution in [-0.2, 0) is 13.0 Å². The lowest BCUT2D eigenvalue weighted by atomic mass is 10.0. The molecule has 122 valence electrons. The lowest BCUT2D eigenvalue weighted by Gasteiger charge is -2.27. The Balaban J connectivity index is 1.55. The molecule has 0 atom stereocenters. The molecule has 1 amide bonds. The monoisotopic (exact) mass is 326 g/mol. The number of benzene rings is 3. The Morgan fingerprint density at radius 2 is 1.64 bits per heavy atom. The van der Waals surface area contributed by atoms with E-state index in [9.17, 15) is 4.79 Å². The number of aromatic nitrogens is 1. The van der Waals surface area contributed by atoms with Crippen LogP contribution in [0.2, 0.25) is 0 Å². The number of carbonyl (C=O) groups is 1. The number of nitrogens with one attached hydrogen (secondary N) is 1. The van der Waals surface area contributed by atoms with Crippen LogP contribution >= 0.6 is 0 Å². The van der Waals surface area contributed by atoms with E-state index in [0.717, 1.165) is 34.8 Å². The second-order valence-corrected chi connectivity index (χ2v) is 6.63. The van der Waals surface area contributed by atoms with E-state index in [4.69, 9.17) is 0 Å². The van der Waals surface area contributed by atoms with Crippen molar-refractivity contribution in [3.8, 4) is 0 Å². The molecule has 3 aromatic carbocycles. The van der Waals surface area contributed by atoms with Crippen molar-refractivity contribution in [3.63, 3.8) is 0 Å². The van der Waals surface area contributed by atoms with Crippen molar-refractivity contribution < 1.29 is 4.79 Å². The smallest absolute Gasteiger partial charge is 0.254 e. The van der Waals surface area contributed by atoms with E-state index < -0.39 is 0 Å². The zero-order valence-corrected chi connectivity index (χ0v) is 13.8. The Kier molecular flexibility index (Phi) is 3.14. The summed E-state index contributed by atoms with van der Waals surface area (Å²) >= 11 is 0. The maximum atomic E-state index is 13.2. The van der Waals surface area contributed by atoms with Crippen LogP contribution in [0.25, 0.3) is 21.7 Å². The minimum absolute atomic E-state index is 0.118. The molecule has 1 aliphatic rings. The fourth-order valence-corrected chi connectivity index (χ4v) is 3.92. The van der Waals surface area contributed by atoms with Gasteiger partial charge in [-0.25, -0.2) is 0 Å². The second-order valence-electron chi connectivity index (χ2n) is 6.63. The second kappa shape index (κ2) is 5.49. The molecule has 3 heteroatoms. The largest absolute Gasteiger partial charge is 0.358 e. The molecule has 1 N–H and O–H groups in total. The quantitative estimate of drug-likeness (QED) is 0.548. The van der Waals surface area contributed by atoms with Crippen molar-refractivity contribution in [1.82, 2.24) is 9.88 Å². The van der Waals surface area contributed by atoms with Crippen molar-refractivity contribution in [2.24, 2.45) is 0 Å². The van der Waals surface area contributed by atoms with E-state index in [1.807, 2.05) is 41.3 Å². The highest BCUT2D eigenvalue weighted by Gasteiger charge is 2.25. The number of amides is 1. The highest BCUT2D eigenvalue weighted by Crippen LogP contribution is 2.29. The van der Waals surface area contributed by atoms with E-state index in [0.29, 0.717) is 6.54 Å². The molecule has 5 rings (SSSR count). The zero-order chi connectivity index (χ0) is 16.8. The molecular weight excluding hydrogens is 308 g/mol. The van der Waals surface area contributed by atoms with Gasteiger partial charge in [0.2, 0.25) is 0 Å². The van der Waals surface area contributed by atoms with Crippen molar-refractivity contribution >= 4 is 27.6 Å². The van der Waals surface area contributed by atoms with Gasteiger partial charge in [0.1, 0.15) is 0 Å². The molecule has 1 aromatic heterocycles. The summed E-state index contributed by atoms with van der Waals surface area (Å²) < 4.78 is 0. The minimum atomic E-state index is 0.118. The molecule has 0 aliphatic carbocycles.